The molecule has 3 aliphatic carbocycles. The molecular formula is C19H24O3. The minimum absolute atomic E-state index is 0.0336. The van der Waals surface area contributed by atoms with Crippen LogP contribution in [0.4, 0.5) is 0 Å². The highest BCUT2D eigenvalue weighted by Crippen LogP contribution is 2.50. The predicted octanol–water partition coefficient (Wildman–Crippen LogP) is 3.29. The Balaban J connectivity index is 2.10. The van der Waals surface area contributed by atoms with E-state index in [-0.39, 0.29) is 34.6 Å². The third kappa shape index (κ3) is 2.31. The fourth-order valence-corrected chi connectivity index (χ4v) is 4.47. The zero-order valence-corrected chi connectivity index (χ0v) is 13.8. The first-order valence-electron chi connectivity index (χ1n) is 8.20. The maximum Gasteiger partial charge on any atom is 0.158 e. The van der Waals surface area contributed by atoms with Crippen molar-refractivity contribution in [3.8, 4) is 0 Å². The lowest BCUT2D eigenvalue weighted by Crippen LogP contribution is -2.34. The van der Waals surface area contributed by atoms with Crippen molar-refractivity contribution in [2.75, 3.05) is 0 Å². The van der Waals surface area contributed by atoms with E-state index in [9.17, 15) is 14.4 Å². The van der Waals surface area contributed by atoms with E-state index in [1.807, 2.05) is 26.8 Å². The van der Waals surface area contributed by atoms with Crippen molar-refractivity contribution >= 4 is 17.3 Å². The standard InChI is InChI=1S/C19H24O3/c1-10-5-12-7-11(2)15(20)8-14-17(18(22)13(12)6-10)16(21)9-19(14,3)4/h5,7,10,13-14,17H,6,8-9H2,1-4H3/b11-7-/t10-,13-,14-,17-/m0/s1. The fraction of sp³-hybridized carbons (Fsp3) is 0.632. The Morgan fingerprint density at radius 1 is 1.18 bits per heavy atom. The molecule has 0 heterocycles. The van der Waals surface area contributed by atoms with Crippen molar-refractivity contribution in [3.05, 3.63) is 23.3 Å². The van der Waals surface area contributed by atoms with Crippen molar-refractivity contribution < 1.29 is 14.4 Å². The molecule has 0 bridgehead atoms. The van der Waals surface area contributed by atoms with Gasteiger partial charge < -0.3 is 0 Å². The summed E-state index contributed by atoms with van der Waals surface area (Å²) in [5.74, 6) is -0.463. The van der Waals surface area contributed by atoms with E-state index in [0.717, 1.165) is 12.0 Å². The van der Waals surface area contributed by atoms with Crippen molar-refractivity contribution in [2.45, 2.75) is 47.0 Å². The fourth-order valence-electron chi connectivity index (χ4n) is 4.47. The summed E-state index contributed by atoms with van der Waals surface area (Å²) in [6.07, 6.45) is 5.46. The third-order valence-electron chi connectivity index (χ3n) is 5.75. The van der Waals surface area contributed by atoms with Gasteiger partial charge >= 0.3 is 0 Å². The molecule has 0 N–H and O–H groups in total. The molecule has 0 unspecified atom stereocenters. The SMILES string of the molecule is C/C1=C/C2=C[C@H](C)C[C@@H]2C(=O)[C@@H]2C(=O)CC(C)(C)[C@H]2CC1=O. The summed E-state index contributed by atoms with van der Waals surface area (Å²) >= 11 is 0. The molecule has 0 aromatic heterocycles. The van der Waals surface area contributed by atoms with Gasteiger partial charge in [-0.3, -0.25) is 14.4 Å². The first-order valence-corrected chi connectivity index (χ1v) is 8.20. The number of ketones is 3. The van der Waals surface area contributed by atoms with Crippen molar-refractivity contribution in [3.63, 3.8) is 0 Å². The maximum absolute atomic E-state index is 13.1. The van der Waals surface area contributed by atoms with E-state index < -0.39 is 5.92 Å². The molecule has 3 heteroatoms. The second kappa shape index (κ2) is 5.00. The average molecular weight is 300 g/mol. The van der Waals surface area contributed by atoms with Gasteiger partial charge in [-0.25, -0.2) is 0 Å². The summed E-state index contributed by atoms with van der Waals surface area (Å²) in [5.41, 5.74) is 1.39. The van der Waals surface area contributed by atoms with Gasteiger partial charge in [-0.2, -0.15) is 0 Å². The lowest BCUT2D eigenvalue weighted by Gasteiger charge is -2.29. The molecule has 3 aliphatic rings. The van der Waals surface area contributed by atoms with Crippen LogP contribution in [0.15, 0.2) is 23.3 Å². The normalized spacial score (nSPS) is 40.1. The van der Waals surface area contributed by atoms with Gasteiger partial charge in [0.1, 0.15) is 5.78 Å². The van der Waals surface area contributed by atoms with Gasteiger partial charge in [0.2, 0.25) is 0 Å². The molecule has 1 fully saturated rings. The van der Waals surface area contributed by atoms with Crippen LogP contribution >= 0.6 is 0 Å². The van der Waals surface area contributed by atoms with Gasteiger partial charge in [-0.1, -0.05) is 32.9 Å². The second-order valence-corrected chi connectivity index (χ2v) is 8.01. The highest BCUT2D eigenvalue weighted by Gasteiger charge is 2.53. The summed E-state index contributed by atoms with van der Waals surface area (Å²) in [7, 11) is 0. The minimum atomic E-state index is -0.586. The third-order valence-corrected chi connectivity index (χ3v) is 5.75. The molecule has 3 rings (SSSR count). The van der Waals surface area contributed by atoms with Crippen molar-refractivity contribution in [1.82, 2.24) is 0 Å². The largest absolute Gasteiger partial charge is 0.299 e. The van der Waals surface area contributed by atoms with Gasteiger partial charge in [0.15, 0.2) is 11.6 Å². The van der Waals surface area contributed by atoms with E-state index >= 15 is 0 Å². The molecule has 0 spiro atoms. The number of hydrogen-bond donors (Lipinski definition) is 0. The quantitative estimate of drug-likeness (QED) is 0.645. The molecule has 118 valence electrons. The van der Waals surface area contributed by atoms with Crippen LogP contribution in [-0.4, -0.2) is 17.3 Å². The maximum atomic E-state index is 13.1. The summed E-state index contributed by atoms with van der Waals surface area (Å²) < 4.78 is 0. The van der Waals surface area contributed by atoms with Gasteiger partial charge in [-0.15, -0.1) is 0 Å². The highest BCUT2D eigenvalue weighted by molar-refractivity contribution is 6.08. The first-order chi connectivity index (χ1) is 10.2. The Kier molecular flexibility index (Phi) is 3.50. The number of hydrogen-bond acceptors (Lipinski definition) is 3. The van der Waals surface area contributed by atoms with E-state index in [1.165, 1.54) is 0 Å². The summed E-state index contributed by atoms with van der Waals surface area (Å²) in [6, 6.07) is 0. The predicted molar refractivity (Wildman–Crippen MR) is 84.1 cm³/mol. The summed E-state index contributed by atoms with van der Waals surface area (Å²) in [6.45, 7) is 7.95. The molecule has 0 aliphatic heterocycles. The topological polar surface area (TPSA) is 51.2 Å². The Morgan fingerprint density at radius 2 is 1.86 bits per heavy atom. The molecule has 0 radical (unpaired) electrons. The summed E-state index contributed by atoms with van der Waals surface area (Å²) in [5, 5.41) is 0. The molecule has 0 amide bonds. The molecular weight excluding hydrogens is 276 g/mol. The lowest BCUT2D eigenvalue weighted by molar-refractivity contribution is -0.134. The summed E-state index contributed by atoms with van der Waals surface area (Å²) in [4.78, 5) is 38.1. The minimum Gasteiger partial charge on any atom is -0.299 e. The average Bonchev–Trinajstić information content (AvgIpc) is 2.86. The van der Waals surface area contributed by atoms with Crippen molar-refractivity contribution in [2.24, 2.45) is 29.1 Å². The molecule has 3 nitrogen and oxygen atoms in total. The van der Waals surface area contributed by atoms with Crippen LogP contribution in [0.2, 0.25) is 0 Å². The Morgan fingerprint density at radius 3 is 2.55 bits per heavy atom. The van der Waals surface area contributed by atoms with Gasteiger partial charge in [0, 0.05) is 18.8 Å². The van der Waals surface area contributed by atoms with Crippen LogP contribution in [0, 0.1) is 29.1 Å². The molecule has 0 saturated heterocycles. The van der Waals surface area contributed by atoms with Crippen LogP contribution in [-0.2, 0) is 14.4 Å². The Bertz CT molecular complexity index is 621. The smallest absolute Gasteiger partial charge is 0.158 e. The zero-order chi connectivity index (χ0) is 16.2. The van der Waals surface area contributed by atoms with Crippen LogP contribution in [0.1, 0.15) is 47.0 Å². The highest BCUT2D eigenvalue weighted by atomic mass is 16.2. The van der Waals surface area contributed by atoms with Crippen LogP contribution in [0.25, 0.3) is 0 Å². The zero-order valence-electron chi connectivity index (χ0n) is 13.8. The number of carbonyl (C=O) groups is 3. The Hall–Kier alpha value is -1.51. The van der Waals surface area contributed by atoms with E-state index in [1.54, 1.807) is 0 Å². The molecule has 4 atom stereocenters. The van der Waals surface area contributed by atoms with Crippen molar-refractivity contribution in [1.29, 1.82) is 0 Å². The van der Waals surface area contributed by atoms with Crippen LogP contribution in [0.3, 0.4) is 0 Å². The molecule has 22 heavy (non-hydrogen) atoms. The lowest BCUT2D eigenvalue weighted by atomic mass is 9.73. The number of rotatable bonds is 0. The van der Waals surface area contributed by atoms with E-state index in [2.05, 4.69) is 13.0 Å². The van der Waals surface area contributed by atoms with E-state index in [4.69, 9.17) is 0 Å². The van der Waals surface area contributed by atoms with E-state index in [0.29, 0.717) is 24.3 Å². The Labute approximate surface area is 131 Å². The monoisotopic (exact) mass is 300 g/mol. The second-order valence-electron chi connectivity index (χ2n) is 8.01. The number of allylic oxidation sites excluding steroid dienone is 4. The van der Waals surface area contributed by atoms with Crippen LogP contribution < -0.4 is 0 Å². The number of fused-ring (bicyclic) bond motifs is 2. The molecule has 1 saturated carbocycles. The van der Waals surface area contributed by atoms with Gasteiger partial charge in [-0.05, 0) is 41.7 Å². The van der Waals surface area contributed by atoms with Gasteiger partial charge in [0.25, 0.3) is 0 Å². The first kappa shape index (κ1) is 15.4. The number of Topliss-reactive ketones (excluding diaryl/α,β-unsaturated/α-hetero) is 3. The van der Waals surface area contributed by atoms with Crippen LogP contribution in [0.5, 0.6) is 0 Å². The van der Waals surface area contributed by atoms with Gasteiger partial charge in [0.05, 0.1) is 5.92 Å². The number of carbonyl (C=O) groups excluding carboxylic acids is 3. The molecule has 0 aromatic carbocycles. The molecule has 0 aromatic rings.